The summed E-state index contributed by atoms with van der Waals surface area (Å²) in [7, 11) is 0. The first-order valence-electron chi connectivity index (χ1n) is 6.31. The zero-order valence-corrected chi connectivity index (χ0v) is 12.1. The average Bonchev–Trinajstić information content (AvgIpc) is 2.61. The van der Waals surface area contributed by atoms with Gasteiger partial charge in [0, 0.05) is 16.1 Å². The number of nitrogens with one attached hydrogen (secondary N) is 2. The molecule has 0 bridgehead atoms. The molecule has 2 N–H and O–H groups in total. The van der Waals surface area contributed by atoms with Crippen LogP contribution in [0.5, 0.6) is 0 Å². The van der Waals surface area contributed by atoms with Gasteiger partial charge in [-0.25, -0.2) is 0 Å². The molecule has 102 valence electrons. The topological polar surface area (TPSA) is 50.4 Å². The maximum atomic E-state index is 11.9. The number of fused-ring (bicyclic) bond motifs is 1. The molecule has 6 heteroatoms. The van der Waals surface area contributed by atoms with E-state index in [0.29, 0.717) is 10.3 Å². The van der Waals surface area contributed by atoms with Crippen molar-refractivity contribution in [3.63, 3.8) is 0 Å². The van der Waals surface area contributed by atoms with Crippen LogP contribution >= 0.6 is 23.4 Å². The van der Waals surface area contributed by atoms with Crippen LogP contribution in [0.15, 0.2) is 17.0 Å². The van der Waals surface area contributed by atoms with Crippen LogP contribution in [0.2, 0.25) is 5.02 Å². The smallest absolute Gasteiger partial charge is 0.246 e. The number of carbonyl (C=O) groups is 1. The second-order valence-electron chi connectivity index (χ2n) is 4.63. The highest BCUT2D eigenvalue weighted by Crippen LogP contribution is 2.41. The quantitative estimate of drug-likeness (QED) is 0.896. The lowest BCUT2D eigenvalue weighted by atomic mass is 10.1. The molecule has 0 aliphatic carbocycles. The first-order valence-corrected chi connectivity index (χ1v) is 7.57. The summed E-state index contributed by atoms with van der Waals surface area (Å²) in [6.45, 7) is 4.26. The van der Waals surface area contributed by atoms with Crippen LogP contribution in [-0.4, -0.2) is 30.9 Å². The number of anilines is 1. The summed E-state index contributed by atoms with van der Waals surface area (Å²) in [5, 5.41) is 7.24. The van der Waals surface area contributed by atoms with E-state index in [1.165, 1.54) is 0 Å². The Morgan fingerprint density at radius 2 is 2.32 bits per heavy atom. The van der Waals surface area contributed by atoms with E-state index < -0.39 is 0 Å². The molecular weight excluding hydrogens is 284 g/mol. The van der Waals surface area contributed by atoms with Gasteiger partial charge in [0.15, 0.2) is 0 Å². The van der Waals surface area contributed by atoms with Gasteiger partial charge < -0.3 is 15.4 Å². The molecule has 2 aliphatic heterocycles. The van der Waals surface area contributed by atoms with Gasteiger partial charge in [0.2, 0.25) is 5.91 Å². The number of thioether (sulfide) groups is 1. The minimum Gasteiger partial charge on any atom is -0.379 e. The minimum absolute atomic E-state index is 0.0120. The molecule has 19 heavy (non-hydrogen) atoms. The first-order chi connectivity index (χ1) is 9.19. The third kappa shape index (κ3) is 2.48. The fourth-order valence-electron chi connectivity index (χ4n) is 2.22. The molecule has 1 aromatic rings. The number of amides is 1. The van der Waals surface area contributed by atoms with Crippen molar-refractivity contribution in [1.82, 2.24) is 5.32 Å². The Balaban J connectivity index is 1.87. The zero-order valence-electron chi connectivity index (χ0n) is 10.5. The highest BCUT2D eigenvalue weighted by atomic mass is 35.5. The number of halogens is 1. The number of hydrogen-bond donors (Lipinski definition) is 2. The van der Waals surface area contributed by atoms with Crippen molar-refractivity contribution < 1.29 is 9.53 Å². The summed E-state index contributed by atoms with van der Waals surface area (Å²) in [5.41, 5.74) is 1.80. The second kappa shape index (κ2) is 5.32. The lowest BCUT2D eigenvalue weighted by molar-refractivity contribution is -0.117. The molecule has 1 atom stereocenters. The van der Waals surface area contributed by atoms with Gasteiger partial charge in [-0.05, 0) is 18.7 Å². The van der Waals surface area contributed by atoms with Crippen LogP contribution in [0.25, 0.3) is 0 Å². The summed E-state index contributed by atoms with van der Waals surface area (Å²) >= 11 is 8.03. The van der Waals surface area contributed by atoms with E-state index in [-0.39, 0.29) is 11.9 Å². The van der Waals surface area contributed by atoms with Gasteiger partial charge in [0.1, 0.15) is 6.04 Å². The molecule has 0 aromatic heterocycles. The van der Waals surface area contributed by atoms with Crippen molar-refractivity contribution in [3.8, 4) is 0 Å². The highest BCUT2D eigenvalue weighted by Gasteiger charge is 2.31. The molecule has 4 nitrogen and oxygen atoms in total. The van der Waals surface area contributed by atoms with E-state index in [2.05, 4.69) is 10.6 Å². The number of rotatable bonds is 4. The zero-order chi connectivity index (χ0) is 13.4. The Bertz CT molecular complexity index is 520. The molecule has 1 saturated heterocycles. The van der Waals surface area contributed by atoms with Crippen LogP contribution in [0.4, 0.5) is 5.69 Å². The van der Waals surface area contributed by atoms with Crippen LogP contribution in [-0.2, 0) is 9.53 Å². The SMILES string of the molecule is CCNC1C(=O)Nc2cc(SC3COC3)c(Cl)cc21. The van der Waals surface area contributed by atoms with Crippen molar-refractivity contribution in [2.45, 2.75) is 23.1 Å². The Kier molecular flexibility index (Phi) is 3.71. The average molecular weight is 299 g/mol. The van der Waals surface area contributed by atoms with Gasteiger partial charge >= 0.3 is 0 Å². The van der Waals surface area contributed by atoms with E-state index >= 15 is 0 Å². The molecule has 1 unspecified atom stereocenters. The second-order valence-corrected chi connectivity index (χ2v) is 6.38. The maximum absolute atomic E-state index is 11.9. The molecular formula is C13H15ClN2O2S. The van der Waals surface area contributed by atoms with Crippen LogP contribution < -0.4 is 10.6 Å². The summed E-state index contributed by atoms with van der Waals surface area (Å²) in [5.74, 6) is -0.0120. The van der Waals surface area contributed by atoms with Gasteiger partial charge in [-0.1, -0.05) is 18.5 Å². The predicted molar refractivity (Wildman–Crippen MR) is 77.0 cm³/mol. The Hall–Kier alpha value is -0.750. The van der Waals surface area contributed by atoms with Crippen molar-refractivity contribution >= 4 is 35.0 Å². The van der Waals surface area contributed by atoms with Crippen molar-refractivity contribution in [1.29, 1.82) is 0 Å². The van der Waals surface area contributed by atoms with Crippen molar-refractivity contribution in [2.75, 3.05) is 25.1 Å². The van der Waals surface area contributed by atoms with Crippen LogP contribution in [0.1, 0.15) is 18.5 Å². The molecule has 0 radical (unpaired) electrons. The van der Waals surface area contributed by atoms with Crippen LogP contribution in [0.3, 0.4) is 0 Å². The first kappa shape index (κ1) is 13.2. The highest BCUT2D eigenvalue weighted by molar-refractivity contribution is 8.00. The van der Waals surface area contributed by atoms with E-state index in [1.807, 2.05) is 19.1 Å². The summed E-state index contributed by atoms with van der Waals surface area (Å²) in [6, 6.07) is 3.57. The lowest BCUT2D eigenvalue weighted by Crippen LogP contribution is -2.30. The molecule has 1 amide bonds. The Labute approximate surface area is 121 Å². The van der Waals surface area contributed by atoms with Crippen molar-refractivity contribution in [3.05, 3.63) is 22.7 Å². The van der Waals surface area contributed by atoms with E-state index in [4.69, 9.17) is 16.3 Å². The minimum atomic E-state index is -0.288. The van der Waals surface area contributed by atoms with Gasteiger partial charge in [-0.2, -0.15) is 0 Å². The van der Waals surface area contributed by atoms with Crippen LogP contribution in [0, 0.1) is 0 Å². The fourth-order valence-corrected chi connectivity index (χ4v) is 3.57. The third-order valence-electron chi connectivity index (χ3n) is 3.24. The Morgan fingerprint density at radius 3 is 2.95 bits per heavy atom. The molecule has 3 rings (SSSR count). The Morgan fingerprint density at radius 1 is 1.53 bits per heavy atom. The summed E-state index contributed by atoms with van der Waals surface area (Å²) < 4.78 is 5.16. The molecule has 0 saturated carbocycles. The normalized spacial score (nSPS) is 22.0. The van der Waals surface area contributed by atoms with Gasteiger partial charge in [-0.15, -0.1) is 11.8 Å². The predicted octanol–water partition coefficient (Wildman–Crippen LogP) is 2.43. The van der Waals surface area contributed by atoms with Gasteiger partial charge in [-0.3, -0.25) is 4.79 Å². The molecule has 1 fully saturated rings. The number of likely N-dealkylation sites (N-methyl/N-ethyl adjacent to an activating group) is 1. The van der Waals surface area contributed by atoms with Gasteiger partial charge in [0.05, 0.1) is 23.5 Å². The van der Waals surface area contributed by atoms with E-state index in [0.717, 1.165) is 35.9 Å². The maximum Gasteiger partial charge on any atom is 0.246 e. The molecule has 2 heterocycles. The number of ether oxygens (including phenoxy) is 1. The number of benzene rings is 1. The monoisotopic (exact) mass is 298 g/mol. The van der Waals surface area contributed by atoms with Gasteiger partial charge in [0.25, 0.3) is 0 Å². The molecule has 0 spiro atoms. The third-order valence-corrected chi connectivity index (χ3v) is 4.87. The molecule has 1 aromatic carbocycles. The fraction of sp³-hybridized carbons (Fsp3) is 0.462. The summed E-state index contributed by atoms with van der Waals surface area (Å²) in [4.78, 5) is 12.9. The van der Waals surface area contributed by atoms with E-state index in [9.17, 15) is 4.79 Å². The standard InChI is InChI=1S/C13H15ClN2O2S/c1-2-15-12-8-3-9(14)11(19-7-5-18-6-7)4-10(8)16-13(12)17/h3-4,7,12,15H,2,5-6H2,1H3,(H,16,17). The van der Waals surface area contributed by atoms with E-state index in [1.54, 1.807) is 11.8 Å². The number of hydrogen-bond acceptors (Lipinski definition) is 4. The largest absolute Gasteiger partial charge is 0.379 e. The van der Waals surface area contributed by atoms with Crippen molar-refractivity contribution in [2.24, 2.45) is 0 Å². The lowest BCUT2D eigenvalue weighted by Gasteiger charge is -2.25. The number of carbonyl (C=O) groups excluding carboxylic acids is 1. The molecule has 2 aliphatic rings. The summed E-state index contributed by atoms with van der Waals surface area (Å²) in [6.07, 6.45) is 0.